The van der Waals surface area contributed by atoms with Crippen LogP contribution in [0.2, 0.25) is 0 Å². The molecule has 0 saturated heterocycles. The fraction of sp³-hybridized carbons (Fsp3) is 0.286. The van der Waals surface area contributed by atoms with Crippen LogP contribution in [-0.4, -0.2) is 24.0 Å². The summed E-state index contributed by atoms with van der Waals surface area (Å²) in [5.74, 6) is 0.0798. The second kappa shape index (κ2) is 7.88. The van der Waals surface area contributed by atoms with Crippen LogP contribution in [0, 0.1) is 13.8 Å². The van der Waals surface area contributed by atoms with Crippen LogP contribution in [-0.2, 0) is 11.2 Å². The second-order valence-corrected chi connectivity index (χ2v) is 6.44. The monoisotopic (exact) mass is 335 g/mol. The maximum Gasteiger partial charge on any atom is 0.221 e. The van der Waals surface area contributed by atoms with Gasteiger partial charge < -0.3 is 15.6 Å². The lowest BCUT2D eigenvalue weighted by Crippen LogP contribution is -2.27. The number of hydrogen-bond acceptors (Lipinski definition) is 2. The van der Waals surface area contributed by atoms with Crippen LogP contribution in [0.15, 0.2) is 48.7 Å². The molecule has 3 aromatic rings. The number of carbonyl (C=O) groups excluding carboxylic acids is 1. The second-order valence-electron chi connectivity index (χ2n) is 6.44. The highest BCUT2D eigenvalue weighted by atomic mass is 16.1. The molecule has 0 aliphatic rings. The molecule has 0 fully saturated rings. The highest BCUT2D eigenvalue weighted by Crippen LogP contribution is 2.17. The molecule has 3 rings (SSSR count). The van der Waals surface area contributed by atoms with Crippen molar-refractivity contribution in [2.45, 2.75) is 26.7 Å². The van der Waals surface area contributed by atoms with Crippen molar-refractivity contribution in [1.29, 1.82) is 0 Å². The van der Waals surface area contributed by atoms with Gasteiger partial charge in [0.25, 0.3) is 0 Å². The minimum atomic E-state index is 0.0798. The largest absolute Gasteiger partial charge is 0.385 e. The maximum atomic E-state index is 12.0. The van der Waals surface area contributed by atoms with E-state index >= 15 is 0 Å². The van der Waals surface area contributed by atoms with Crippen molar-refractivity contribution in [3.8, 4) is 0 Å². The van der Waals surface area contributed by atoms with Crippen molar-refractivity contribution in [1.82, 2.24) is 10.3 Å². The fourth-order valence-electron chi connectivity index (χ4n) is 2.94. The number of benzene rings is 2. The average Bonchev–Trinajstić information content (AvgIpc) is 3.01. The van der Waals surface area contributed by atoms with Crippen molar-refractivity contribution in [3.05, 3.63) is 65.4 Å². The maximum absolute atomic E-state index is 12.0. The van der Waals surface area contributed by atoms with Crippen LogP contribution in [0.4, 0.5) is 5.69 Å². The number of H-pyrrole nitrogens is 1. The molecule has 1 amide bonds. The number of rotatable bonds is 7. The summed E-state index contributed by atoms with van der Waals surface area (Å²) in [6.45, 7) is 5.49. The number of carbonyl (C=O) groups is 1. The Morgan fingerprint density at radius 3 is 2.72 bits per heavy atom. The molecule has 3 N–H and O–H groups in total. The van der Waals surface area contributed by atoms with Crippen LogP contribution in [0.5, 0.6) is 0 Å². The number of hydrogen-bond donors (Lipinski definition) is 3. The highest BCUT2D eigenvalue weighted by molar-refractivity contribution is 5.83. The summed E-state index contributed by atoms with van der Waals surface area (Å²) in [6.07, 6.45) is 3.33. The summed E-state index contributed by atoms with van der Waals surface area (Å²) >= 11 is 0. The molecule has 0 spiro atoms. The van der Waals surface area contributed by atoms with Gasteiger partial charge in [0.1, 0.15) is 0 Å². The minimum absolute atomic E-state index is 0.0798. The number of anilines is 1. The molecule has 1 heterocycles. The minimum Gasteiger partial charge on any atom is -0.385 e. The summed E-state index contributed by atoms with van der Waals surface area (Å²) in [5.41, 5.74) is 5.98. The zero-order valence-corrected chi connectivity index (χ0v) is 14.9. The van der Waals surface area contributed by atoms with E-state index in [9.17, 15) is 4.79 Å². The van der Waals surface area contributed by atoms with Crippen LogP contribution in [0.25, 0.3) is 10.9 Å². The quantitative estimate of drug-likeness (QED) is 0.612. The molecular formula is C21H25N3O. The lowest BCUT2D eigenvalue weighted by Gasteiger charge is -2.09. The van der Waals surface area contributed by atoms with Gasteiger partial charge in [-0.2, -0.15) is 0 Å². The molecule has 0 unspecified atom stereocenters. The number of para-hydroxylation sites is 1. The van der Waals surface area contributed by atoms with E-state index in [1.165, 1.54) is 22.1 Å². The third kappa shape index (κ3) is 4.41. The van der Waals surface area contributed by atoms with E-state index in [0.717, 1.165) is 17.6 Å². The van der Waals surface area contributed by atoms with Gasteiger partial charge in [0, 0.05) is 42.3 Å². The summed E-state index contributed by atoms with van der Waals surface area (Å²) < 4.78 is 0. The standard InChI is InChI=1S/C21H25N3O/c1-15-7-8-18(13-16(15)2)22-12-10-21(25)23-11-9-17-14-24-20-6-4-3-5-19(17)20/h3-8,13-14,22,24H,9-12H2,1-2H3,(H,23,25). The van der Waals surface area contributed by atoms with Crippen LogP contribution in [0.3, 0.4) is 0 Å². The molecule has 0 bridgehead atoms. The first-order valence-electron chi connectivity index (χ1n) is 8.76. The fourth-order valence-corrected chi connectivity index (χ4v) is 2.94. The predicted octanol–water partition coefficient (Wildman–Crippen LogP) is 3.95. The summed E-state index contributed by atoms with van der Waals surface area (Å²) in [4.78, 5) is 15.3. The smallest absolute Gasteiger partial charge is 0.221 e. The van der Waals surface area contributed by atoms with E-state index < -0.39 is 0 Å². The predicted molar refractivity (Wildman–Crippen MR) is 104 cm³/mol. The van der Waals surface area contributed by atoms with Crippen LogP contribution < -0.4 is 10.6 Å². The summed E-state index contributed by atoms with van der Waals surface area (Å²) in [6, 6.07) is 14.5. The lowest BCUT2D eigenvalue weighted by atomic mass is 10.1. The van der Waals surface area contributed by atoms with Crippen molar-refractivity contribution in [3.63, 3.8) is 0 Å². The molecule has 130 valence electrons. The zero-order valence-electron chi connectivity index (χ0n) is 14.9. The van der Waals surface area contributed by atoms with Crippen molar-refractivity contribution < 1.29 is 4.79 Å². The van der Waals surface area contributed by atoms with E-state index in [4.69, 9.17) is 0 Å². The van der Waals surface area contributed by atoms with E-state index in [2.05, 4.69) is 59.8 Å². The van der Waals surface area contributed by atoms with Gasteiger partial charge in [-0.15, -0.1) is 0 Å². The normalized spacial score (nSPS) is 10.8. The third-order valence-electron chi connectivity index (χ3n) is 4.58. The Bertz CT molecular complexity index is 866. The van der Waals surface area contributed by atoms with Crippen molar-refractivity contribution in [2.75, 3.05) is 18.4 Å². The Kier molecular flexibility index (Phi) is 5.39. The van der Waals surface area contributed by atoms with E-state index in [-0.39, 0.29) is 5.91 Å². The number of aromatic amines is 1. The third-order valence-corrected chi connectivity index (χ3v) is 4.58. The van der Waals surface area contributed by atoms with Gasteiger partial charge >= 0.3 is 0 Å². The highest BCUT2D eigenvalue weighted by Gasteiger charge is 2.05. The number of amides is 1. The van der Waals surface area contributed by atoms with E-state index in [0.29, 0.717) is 19.5 Å². The Morgan fingerprint density at radius 2 is 1.88 bits per heavy atom. The van der Waals surface area contributed by atoms with Gasteiger partial charge in [0.05, 0.1) is 0 Å². The van der Waals surface area contributed by atoms with Gasteiger partial charge in [0.15, 0.2) is 0 Å². The molecule has 0 aliphatic carbocycles. The molecule has 25 heavy (non-hydrogen) atoms. The van der Waals surface area contributed by atoms with E-state index in [1.54, 1.807) is 0 Å². The summed E-state index contributed by atoms with van der Waals surface area (Å²) in [7, 11) is 0. The first kappa shape index (κ1) is 17.1. The van der Waals surface area contributed by atoms with E-state index in [1.807, 2.05) is 18.3 Å². The molecule has 0 radical (unpaired) electrons. The number of nitrogens with one attached hydrogen (secondary N) is 3. The van der Waals surface area contributed by atoms with Gasteiger partial charge in [-0.05, 0) is 55.2 Å². The molecule has 2 aromatic carbocycles. The molecule has 0 saturated carbocycles. The number of aryl methyl sites for hydroxylation is 2. The molecule has 0 atom stereocenters. The molecular weight excluding hydrogens is 310 g/mol. The SMILES string of the molecule is Cc1ccc(NCCC(=O)NCCc2c[nH]c3ccccc23)cc1C. The zero-order chi connectivity index (χ0) is 17.6. The average molecular weight is 335 g/mol. The Balaban J connectivity index is 1.40. The summed E-state index contributed by atoms with van der Waals surface area (Å²) in [5, 5.41) is 7.54. The topological polar surface area (TPSA) is 56.9 Å². The molecule has 4 nitrogen and oxygen atoms in total. The first-order chi connectivity index (χ1) is 12.1. The van der Waals surface area contributed by atoms with Gasteiger partial charge in [-0.25, -0.2) is 0 Å². The van der Waals surface area contributed by atoms with Gasteiger partial charge in [-0.1, -0.05) is 24.3 Å². The molecule has 0 aliphatic heterocycles. The van der Waals surface area contributed by atoms with Crippen molar-refractivity contribution in [2.24, 2.45) is 0 Å². The number of fused-ring (bicyclic) bond motifs is 1. The van der Waals surface area contributed by atoms with Crippen molar-refractivity contribution >= 4 is 22.5 Å². The first-order valence-corrected chi connectivity index (χ1v) is 8.76. The Hall–Kier alpha value is -2.75. The molecule has 1 aromatic heterocycles. The lowest BCUT2D eigenvalue weighted by molar-refractivity contribution is -0.120. The van der Waals surface area contributed by atoms with Crippen LogP contribution in [0.1, 0.15) is 23.1 Å². The van der Waals surface area contributed by atoms with Gasteiger partial charge in [0.2, 0.25) is 5.91 Å². The Morgan fingerprint density at radius 1 is 1.04 bits per heavy atom. The number of aromatic nitrogens is 1. The Labute approximate surface area is 148 Å². The van der Waals surface area contributed by atoms with Gasteiger partial charge in [-0.3, -0.25) is 4.79 Å². The molecule has 4 heteroatoms. The van der Waals surface area contributed by atoms with Crippen LogP contribution >= 0.6 is 0 Å².